The zero-order valence-electron chi connectivity index (χ0n) is 14.0. The number of sulfonamides is 1. The standard InChI is InChI=1S/C14H22N4O5S.ClH/c1-10(2)9-13(15)14(19)16-7-8-17-24(22,23)12-5-3-11(4-6-12)18(20)21;/h3-6,10,13,17H,7-9,15H2,1-2H3,(H,16,19);1H/t13-;/m0./s1. The Morgan fingerprint density at radius 2 is 1.80 bits per heavy atom. The number of benzene rings is 1. The zero-order chi connectivity index (χ0) is 18.3. The highest BCUT2D eigenvalue weighted by Crippen LogP contribution is 2.15. The molecule has 0 saturated heterocycles. The average molecular weight is 395 g/mol. The average Bonchev–Trinajstić information content (AvgIpc) is 2.50. The largest absolute Gasteiger partial charge is 0.353 e. The number of nitrogens with one attached hydrogen (secondary N) is 2. The number of rotatable bonds is 9. The van der Waals surface area contributed by atoms with Crippen molar-refractivity contribution in [3.05, 3.63) is 34.4 Å². The summed E-state index contributed by atoms with van der Waals surface area (Å²) in [5.74, 6) is -0.0513. The molecule has 1 aromatic rings. The Bertz CT molecular complexity index is 679. The molecule has 1 rings (SSSR count). The van der Waals surface area contributed by atoms with E-state index >= 15 is 0 Å². The normalized spacial score (nSPS) is 12.3. The minimum atomic E-state index is -3.80. The third kappa shape index (κ3) is 7.78. The quantitative estimate of drug-likeness (QED) is 0.320. The van der Waals surface area contributed by atoms with E-state index in [2.05, 4.69) is 10.0 Å². The van der Waals surface area contributed by atoms with Crippen molar-refractivity contribution in [3.8, 4) is 0 Å². The Labute approximate surface area is 153 Å². The molecule has 1 atom stereocenters. The van der Waals surface area contributed by atoms with Crippen LogP contribution < -0.4 is 15.8 Å². The number of carbonyl (C=O) groups is 1. The first-order valence-electron chi connectivity index (χ1n) is 7.41. The van der Waals surface area contributed by atoms with Gasteiger partial charge in [-0.15, -0.1) is 12.4 Å². The van der Waals surface area contributed by atoms with Crippen LogP contribution in [0.25, 0.3) is 0 Å². The van der Waals surface area contributed by atoms with Crippen LogP contribution in [0.5, 0.6) is 0 Å². The molecule has 1 amide bonds. The number of nitro groups is 1. The molecule has 0 saturated carbocycles. The number of nitro benzene ring substituents is 1. The topological polar surface area (TPSA) is 144 Å². The van der Waals surface area contributed by atoms with E-state index in [9.17, 15) is 23.3 Å². The van der Waals surface area contributed by atoms with E-state index in [1.54, 1.807) is 0 Å². The van der Waals surface area contributed by atoms with Gasteiger partial charge in [-0.2, -0.15) is 0 Å². The zero-order valence-corrected chi connectivity index (χ0v) is 15.6. The van der Waals surface area contributed by atoms with Crippen molar-refractivity contribution in [1.82, 2.24) is 10.0 Å². The fourth-order valence-electron chi connectivity index (χ4n) is 1.95. The van der Waals surface area contributed by atoms with E-state index in [-0.39, 0.29) is 47.9 Å². The fraction of sp³-hybridized carbons (Fsp3) is 0.500. The first-order chi connectivity index (χ1) is 11.1. The number of nitrogens with zero attached hydrogens (tertiary/aromatic N) is 1. The molecule has 25 heavy (non-hydrogen) atoms. The van der Waals surface area contributed by atoms with Gasteiger partial charge in [0.25, 0.3) is 5.69 Å². The molecule has 0 bridgehead atoms. The van der Waals surface area contributed by atoms with Crippen molar-refractivity contribution < 1.29 is 18.1 Å². The summed E-state index contributed by atoms with van der Waals surface area (Å²) in [7, 11) is -3.80. The molecule has 0 aromatic heterocycles. The second-order valence-corrected chi connectivity index (χ2v) is 7.44. The molecule has 0 radical (unpaired) electrons. The maximum Gasteiger partial charge on any atom is 0.269 e. The Balaban J connectivity index is 0.00000576. The molecule has 0 fully saturated rings. The smallest absolute Gasteiger partial charge is 0.269 e. The van der Waals surface area contributed by atoms with E-state index in [0.29, 0.717) is 6.42 Å². The summed E-state index contributed by atoms with van der Waals surface area (Å²) in [4.78, 5) is 21.5. The summed E-state index contributed by atoms with van der Waals surface area (Å²) in [6.45, 7) is 3.98. The van der Waals surface area contributed by atoms with Crippen LogP contribution in [0.4, 0.5) is 5.69 Å². The van der Waals surface area contributed by atoms with Gasteiger partial charge in [0.15, 0.2) is 0 Å². The molecule has 4 N–H and O–H groups in total. The monoisotopic (exact) mass is 394 g/mol. The van der Waals surface area contributed by atoms with Gasteiger partial charge >= 0.3 is 0 Å². The van der Waals surface area contributed by atoms with Gasteiger partial charge in [0.05, 0.1) is 15.9 Å². The number of amides is 1. The van der Waals surface area contributed by atoms with Crippen molar-refractivity contribution in [3.63, 3.8) is 0 Å². The van der Waals surface area contributed by atoms with Gasteiger partial charge < -0.3 is 11.1 Å². The number of hydrogen-bond acceptors (Lipinski definition) is 6. The maximum absolute atomic E-state index is 12.0. The van der Waals surface area contributed by atoms with Crippen LogP contribution >= 0.6 is 12.4 Å². The maximum atomic E-state index is 12.0. The van der Waals surface area contributed by atoms with E-state index in [0.717, 1.165) is 24.3 Å². The SMILES string of the molecule is CC(C)C[C@H](N)C(=O)NCCNS(=O)(=O)c1ccc([N+](=O)[O-])cc1.Cl. The van der Waals surface area contributed by atoms with Crippen LogP contribution in [0, 0.1) is 16.0 Å². The molecule has 142 valence electrons. The first-order valence-corrected chi connectivity index (χ1v) is 8.89. The molecule has 0 spiro atoms. The van der Waals surface area contributed by atoms with Crippen LogP contribution in [0.1, 0.15) is 20.3 Å². The van der Waals surface area contributed by atoms with Crippen LogP contribution in [0.15, 0.2) is 29.2 Å². The summed E-state index contributed by atoms with van der Waals surface area (Å²) < 4.78 is 26.3. The van der Waals surface area contributed by atoms with Crippen molar-refractivity contribution >= 4 is 34.0 Å². The lowest BCUT2D eigenvalue weighted by Crippen LogP contribution is -2.44. The van der Waals surface area contributed by atoms with Crippen molar-refractivity contribution in [2.24, 2.45) is 11.7 Å². The van der Waals surface area contributed by atoms with Crippen molar-refractivity contribution in [1.29, 1.82) is 0 Å². The molecular weight excluding hydrogens is 372 g/mol. The van der Waals surface area contributed by atoms with E-state index in [1.807, 2.05) is 13.8 Å². The van der Waals surface area contributed by atoms with Crippen LogP contribution in [-0.4, -0.2) is 38.4 Å². The van der Waals surface area contributed by atoms with Gasteiger partial charge in [0.2, 0.25) is 15.9 Å². The minimum Gasteiger partial charge on any atom is -0.353 e. The second-order valence-electron chi connectivity index (χ2n) is 5.68. The molecule has 11 heteroatoms. The van der Waals surface area contributed by atoms with E-state index < -0.39 is 21.0 Å². The third-order valence-corrected chi connectivity index (χ3v) is 4.61. The number of non-ortho nitro benzene ring substituents is 1. The first kappa shape index (κ1) is 23.2. The lowest BCUT2D eigenvalue weighted by molar-refractivity contribution is -0.384. The van der Waals surface area contributed by atoms with Gasteiger partial charge in [-0.25, -0.2) is 13.1 Å². The molecule has 1 aromatic carbocycles. The van der Waals surface area contributed by atoms with Gasteiger partial charge in [-0.3, -0.25) is 14.9 Å². The molecule has 0 aliphatic heterocycles. The Morgan fingerprint density at radius 1 is 1.24 bits per heavy atom. The Hall–Kier alpha value is -1.75. The highest BCUT2D eigenvalue weighted by Gasteiger charge is 2.17. The van der Waals surface area contributed by atoms with Gasteiger partial charge in [0, 0.05) is 25.2 Å². The Morgan fingerprint density at radius 3 is 2.28 bits per heavy atom. The molecule has 0 aliphatic carbocycles. The molecular formula is C14H23ClN4O5S. The highest BCUT2D eigenvalue weighted by molar-refractivity contribution is 7.89. The summed E-state index contributed by atoms with van der Waals surface area (Å²) in [5, 5.41) is 13.1. The predicted octanol–water partition coefficient (Wildman–Crippen LogP) is 0.785. The van der Waals surface area contributed by atoms with Gasteiger partial charge in [0.1, 0.15) is 0 Å². The number of hydrogen-bond donors (Lipinski definition) is 3. The second kappa shape index (κ2) is 10.3. The number of carbonyl (C=O) groups excluding carboxylic acids is 1. The molecule has 0 aliphatic rings. The molecule has 0 heterocycles. The third-order valence-electron chi connectivity index (χ3n) is 3.14. The highest BCUT2D eigenvalue weighted by atomic mass is 35.5. The molecule has 9 nitrogen and oxygen atoms in total. The van der Waals surface area contributed by atoms with Crippen LogP contribution in [0.2, 0.25) is 0 Å². The number of nitrogens with two attached hydrogens (primary N) is 1. The summed E-state index contributed by atoms with van der Waals surface area (Å²) in [6, 6.07) is 3.90. The van der Waals surface area contributed by atoms with Crippen LogP contribution in [-0.2, 0) is 14.8 Å². The van der Waals surface area contributed by atoms with Crippen LogP contribution in [0.3, 0.4) is 0 Å². The lowest BCUT2D eigenvalue weighted by atomic mass is 10.0. The summed E-state index contributed by atoms with van der Waals surface area (Å²) in [6.07, 6.45) is 0.542. The summed E-state index contributed by atoms with van der Waals surface area (Å²) >= 11 is 0. The molecule has 0 unspecified atom stereocenters. The predicted molar refractivity (Wildman–Crippen MR) is 96.0 cm³/mol. The number of halogens is 1. The minimum absolute atomic E-state index is 0. The van der Waals surface area contributed by atoms with Gasteiger partial charge in [-0.1, -0.05) is 13.8 Å². The van der Waals surface area contributed by atoms with E-state index in [1.165, 1.54) is 0 Å². The van der Waals surface area contributed by atoms with Crippen molar-refractivity contribution in [2.75, 3.05) is 13.1 Å². The van der Waals surface area contributed by atoms with E-state index in [4.69, 9.17) is 5.73 Å². The van der Waals surface area contributed by atoms with Gasteiger partial charge in [-0.05, 0) is 24.5 Å². The van der Waals surface area contributed by atoms with Crippen molar-refractivity contribution in [2.45, 2.75) is 31.2 Å². The summed E-state index contributed by atoms with van der Waals surface area (Å²) in [5.41, 5.74) is 5.52. The fourth-order valence-corrected chi connectivity index (χ4v) is 2.98. The Kier molecular flexibility index (Phi) is 9.57. The lowest BCUT2D eigenvalue weighted by Gasteiger charge is -2.14.